The lowest BCUT2D eigenvalue weighted by atomic mass is 10.1. The molecular formula is C28H42N2O2. The molecule has 1 N–H and O–H groups in total. The number of esters is 1. The van der Waals surface area contributed by atoms with Gasteiger partial charge in [-0.25, -0.2) is 0 Å². The maximum atomic E-state index is 11.9. The standard InChI is InChI=1S/C28H42N2O2/c1-2-3-4-5-6-7-8-9-10-11-12-13-23-30-26-19-16-25(17-20-26)18-21-28(31)32-27-15-14-22-29-24-27/h14-17,19-20,22,24,30H,2-13,18,21,23H2,1H3. The maximum absolute atomic E-state index is 11.9. The zero-order valence-corrected chi connectivity index (χ0v) is 20.0. The van der Waals surface area contributed by atoms with Crippen LogP contribution in [0, 0.1) is 0 Å². The molecule has 4 heteroatoms. The lowest BCUT2D eigenvalue weighted by Crippen LogP contribution is -2.09. The topological polar surface area (TPSA) is 51.2 Å². The van der Waals surface area contributed by atoms with E-state index in [-0.39, 0.29) is 5.97 Å². The molecule has 4 nitrogen and oxygen atoms in total. The fourth-order valence-corrected chi connectivity index (χ4v) is 3.82. The summed E-state index contributed by atoms with van der Waals surface area (Å²) in [7, 11) is 0. The molecule has 0 saturated heterocycles. The minimum Gasteiger partial charge on any atom is -0.425 e. The number of hydrogen-bond acceptors (Lipinski definition) is 4. The van der Waals surface area contributed by atoms with Crippen molar-refractivity contribution in [3.05, 3.63) is 54.4 Å². The largest absolute Gasteiger partial charge is 0.425 e. The highest BCUT2D eigenvalue weighted by Crippen LogP contribution is 2.14. The Morgan fingerprint density at radius 3 is 2.06 bits per heavy atom. The van der Waals surface area contributed by atoms with Crippen LogP contribution in [0.4, 0.5) is 5.69 Å². The van der Waals surface area contributed by atoms with Crippen LogP contribution >= 0.6 is 0 Å². The molecule has 2 aromatic rings. The smallest absolute Gasteiger partial charge is 0.311 e. The van der Waals surface area contributed by atoms with Crippen molar-refractivity contribution in [2.24, 2.45) is 0 Å². The molecule has 0 atom stereocenters. The molecule has 0 unspecified atom stereocenters. The number of carbonyl (C=O) groups is 1. The molecule has 0 radical (unpaired) electrons. The molecule has 0 saturated carbocycles. The molecule has 0 aliphatic carbocycles. The number of aromatic nitrogens is 1. The second kappa shape index (κ2) is 17.2. The fourth-order valence-electron chi connectivity index (χ4n) is 3.82. The molecule has 0 aliphatic rings. The summed E-state index contributed by atoms with van der Waals surface area (Å²) in [5, 5.41) is 3.51. The number of pyridine rings is 1. The average Bonchev–Trinajstić information content (AvgIpc) is 2.82. The maximum Gasteiger partial charge on any atom is 0.311 e. The summed E-state index contributed by atoms with van der Waals surface area (Å²) in [6, 6.07) is 11.9. The number of carbonyl (C=O) groups excluding carboxylic acids is 1. The Morgan fingerprint density at radius 1 is 0.844 bits per heavy atom. The van der Waals surface area contributed by atoms with E-state index < -0.39 is 0 Å². The van der Waals surface area contributed by atoms with Crippen LogP contribution in [0.2, 0.25) is 0 Å². The van der Waals surface area contributed by atoms with Gasteiger partial charge in [-0.05, 0) is 42.7 Å². The lowest BCUT2D eigenvalue weighted by Gasteiger charge is -2.08. The zero-order chi connectivity index (χ0) is 22.7. The van der Waals surface area contributed by atoms with Gasteiger partial charge >= 0.3 is 5.97 Å². The van der Waals surface area contributed by atoms with Crippen LogP contribution in [-0.2, 0) is 11.2 Å². The van der Waals surface area contributed by atoms with Crippen LogP contribution in [0.5, 0.6) is 5.75 Å². The Hall–Kier alpha value is -2.36. The van der Waals surface area contributed by atoms with Crippen molar-refractivity contribution >= 4 is 11.7 Å². The van der Waals surface area contributed by atoms with Crippen molar-refractivity contribution in [2.75, 3.05) is 11.9 Å². The number of anilines is 1. The molecule has 32 heavy (non-hydrogen) atoms. The number of aryl methyl sites for hydroxylation is 1. The first-order valence-electron chi connectivity index (χ1n) is 12.7. The summed E-state index contributed by atoms with van der Waals surface area (Å²) in [6.07, 6.45) is 20.8. The van der Waals surface area contributed by atoms with Crippen LogP contribution in [-0.4, -0.2) is 17.5 Å². The number of benzene rings is 1. The monoisotopic (exact) mass is 438 g/mol. The first kappa shape index (κ1) is 25.9. The molecule has 2 rings (SSSR count). The SMILES string of the molecule is CCCCCCCCCCCCCCNc1ccc(CCC(=O)Oc2cccnc2)cc1. The quantitative estimate of drug-likeness (QED) is 0.191. The van der Waals surface area contributed by atoms with Crippen molar-refractivity contribution in [1.82, 2.24) is 4.98 Å². The normalized spacial score (nSPS) is 10.8. The van der Waals surface area contributed by atoms with E-state index >= 15 is 0 Å². The highest BCUT2D eigenvalue weighted by atomic mass is 16.5. The van der Waals surface area contributed by atoms with Crippen LogP contribution in [0.1, 0.15) is 96.0 Å². The van der Waals surface area contributed by atoms with E-state index in [2.05, 4.69) is 41.5 Å². The van der Waals surface area contributed by atoms with Crippen molar-refractivity contribution in [1.29, 1.82) is 0 Å². The van der Waals surface area contributed by atoms with Crippen molar-refractivity contribution in [3.8, 4) is 5.75 Å². The molecule has 1 aromatic heterocycles. The van der Waals surface area contributed by atoms with Gasteiger partial charge in [0, 0.05) is 24.8 Å². The van der Waals surface area contributed by atoms with Gasteiger partial charge in [0.15, 0.2) is 0 Å². The molecular weight excluding hydrogens is 396 g/mol. The fraction of sp³-hybridized carbons (Fsp3) is 0.571. The van der Waals surface area contributed by atoms with Gasteiger partial charge in [-0.2, -0.15) is 0 Å². The van der Waals surface area contributed by atoms with Gasteiger partial charge in [-0.3, -0.25) is 9.78 Å². The number of ether oxygens (including phenoxy) is 1. The molecule has 176 valence electrons. The van der Waals surface area contributed by atoms with E-state index in [1.54, 1.807) is 24.5 Å². The number of hydrogen-bond donors (Lipinski definition) is 1. The zero-order valence-electron chi connectivity index (χ0n) is 20.0. The second-order valence-corrected chi connectivity index (χ2v) is 8.68. The van der Waals surface area contributed by atoms with E-state index in [0.29, 0.717) is 18.6 Å². The summed E-state index contributed by atoms with van der Waals surface area (Å²) in [5.41, 5.74) is 2.29. The molecule has 0 aliphatic heterocycles. The lowest BCUT2D eigenvalue weighted by molar-refractivity contribution is -0.134. The van der Waals surface area contributed by atoms with Crippen molar-refractivity contribution < 1.29 is 9.53 Å². The van der Waals surface area contributed by atoms with Crippen LogP contribution in [0.3, 0.4) is 0 Å². The Morgan fingerprint density at radius 2 is 1.47 bits per heavy atom. The molecule has 0 spiro atoms. The first-order chi connectivity index (χ1) is 15.8. The summed E-state index contributed by atoms with van der Waals surface area (Å²) in [6.45, 7) is 3.30. The van der Waals surface area contributed by atoms with Gasteiger partial charge in [0.05, 0.1) is 6.20 Å². The number of rotatable bonds is 18. The Balaban J connectivity index is 1.45. The summed E-state index contributed by atoms with van der Waals surface area (Å²) < 4.78 is 5.28. The van der Waals surface area contributed by atoms with Gasteiger partial charge in [0.1, 0.15) is 5.75 Å². The minimum atomic E-state index is -0.229. The Kier molecular flexibility index (Phi) is 13.9. The average molecular weight is 439 g/mol. The molecule has 0 fully saturated rings. The van der Waals surface area contributed by atoms with Gasteiger partial charge in [-0.15, -0.1) is 0 Å². The third-order valence-electron chi connectivity index (χ3n) is 5.80. The molecule has 0 amide bonds. The van der Waals surface area contributed by atoms with Gasteiger partial charge in [0.25, 0.3) is 0 Å². The third-order valence-corrected chi connectivity index (χ3v) is 5.80. The Bertz CT molecular complexity index is 716. The highest BCUT2D eigenvalue weighted by molar-refractivity contribution is 5.72. The summed E-state index contributed by atoms with van der Waals surface area (Å²) >= 11 is 0. The van der Waals surface area contributed by atoms with Gasteiger partial charge in [0.2, 0.25) is 0 Å². The van der Waals surface area contributed by atoms with E-state index in [1.807, 2.05) is 0 Å². The van der Waals surface area contributed by atoms with E-state index in [0.717, 1.165) is 17.8 Å². The molecule has 0 bridgehead atoms. The van der Waals surface area contributed by atoms with Crippen LogP contribution in [0.25, 0.3) is 0 Å². The predicted molar refractivity (Wildman–Crippen MR) is 134 cm³/mol. The Labute approximate surface area is 195 Å². The van der Waals surface area contributed by atoms with E-state index in [1.165, 1.54) is 77.0 Å². The minimum absolute atomic E-state index is 0.229. The first-order valence-corrected chi connectivity index (χ1v) is 12.7. The van der Waals surface area contributed by atoms with Crippen LogP contribution in [0.15, 0.2) is 48.8 Å². The number of nitrogens with one attached hydrogen (secondary N) is 1. The molecule has 1 heterocycles. The number of unbranched alkanes of at least 4 members (excludes halogenated alkanes) is 11. The summed E-state index contributed by atoms with van der Waals surface area (Å²) in [5.74, 6) is 0.266. The number of nitrogens with zero attached hydrogens (tertiary/aromatic N) is 1. The third kappa shape index (κ3) is 12.5. The highest BCUT2D eigenvalue weighted by Gasteiger charge is 2.05. The van der Waals surface area contributed by atoms with E-state index in [9.17, 15) is 4.79 Å². The van der Waals surface area contributed by atoms with Gasteiger partial charge in [-0.1, -0.05) is 89.7 Å². The molecule has 1 aromatic carbocycles. The van der Waals surface area contributed by atoms with E-state index in [4.69, 9.17) is 4.74 Å². The van der Waals surface area contributed by atoms with Crippen molar-refractivity contribution in [3.63, 3.8) is 0 Å². The predicted octanol–water partition coefficient (Wildman–Crippen LogP) is 7.73. The van der Waals surface area contributed by atoms with Crippen LogP contribution < -0.4 is 10.1 Å². The van der Waals surface area contributed by atoms with Gasteiger partial charge < -0.3 is 10.1 Å². The van der Waals surface area contributed by atoms with Crippen molar-refractivity contribution in [2.45, 2.75) is 96.8 Å². The second-order valence-electron chi connectivity index (χ2n) is 8.68. The summed E-state index contributed by atoms with van der Waals surface area (Å²) in [4.78, 5) is 15.9.